The quantitative estimate of drug-likeness (QED) is 0.707. The van der Waals surface area contributed by atoms with Crippen LogP contribution in [0.25, 0.3) is 0 Å². The first kappa shape index (κ1) is 12.7. The summed E-state index contributed by atoms with van der Waals surface area (Å²) in [5, 5.41) is 5.33. The van der Waals surface area contributed by atoms with Crippen molar-refractivity contribution in [2.75, 3.05) is 11.1 Å². The van der Waals surface area contributed by atoms with Gasteiger partial charge in [-0.25, -0.2) is 9.18 Å². The van der Waals surface area contributed by atoms with Crippen molar-refractivity contribution in [3.05, 3.63) is 23.5 Å². The molecule has 0 radical (unpaired) electrons. The van der Waals surface area contributed by atoms with E-state index in [9.17, 15) is 9.18 Å². The number of anilines is 2. The van der Waals surface area contributed by atoms with Crippen LogP contribution in [0.3, 0.4) is 0 Å². The molecule has 0 unspecified atom stereocenters. The van der Waals surface area contributed by atoms with E-state index in [1.54, 1.807) is 6.92 Å². The molecule has 1 aromatic carbocycles. The number of aryl methyl sites for hydroxylation is 1. The Hall–Kier alpha value is -1.78. The van der Waals surface area contributed by atoms with Crippen molar-refractivity contribution in [2.24, 2.45) is 0 Å². The van der Waals surface area contributed by atoms with Gasteiger partial charge in [0.15, 0.2) is 0 Å². The van der Waals surface area contributed by atoms with Crippen LogP contribution in [0.1, 0.15) is 31.2 Å². The standard InChI is InChI=1S/C13H18FN3O/c1-8-6-10(14)12(7-11(8)15)17-13(18)16-9-4-2-3-5-9/h6-7,9H,2-5,15H2,1H3,(H2,16,17,18). The molecule has 0 saturated heterocycles. The summed E-state index contributed by atoms with van der Waals surface area (Å²) in [5.41, 5.74) is 6.94. The second kappa shape index (κ2) is 5.25. The number of halogens is 1. The third-order valence-electron chi connectivity index (χ3n) is 3.29. The molecule has 1 aromatic rings. The Morgan fingerprint density at radius 2 is 2.06 bits per heavy atom. The minimum atomic E-state index is -0.469. The van der Waals surface area contributed by atoms with Gasteiger partial charge in [0.1, 0.15) is 5.82 Å². The maximum atomic E-state index is 13.6. The van der Waals surface area contributed by atoms with Gasteiger partial charge in [0.25, 0.3) is 0 Å². The predicted octanol–water partition coefficient (Wildman–Crippen LogP) is 2.78. The fourth-order valence-corrected chi connectivity index (χ4v) is 2.20. The fraction of sp³-hybridized carbons (Fsp3) is 0.462. The third-order valence-corrected chi connectivity index (χ3v) is 3.29. The number of benzene rings is 1. The normalized spacial score (nSPS) is 15.7. The maximum absolute atomic E-state index is 13.6. The number of amides is 2. The second-order valence-electron chi connectivity index (χ2n) is 4.77. The van der Waals surface area contributed by atoms with E-state index in [1.165, 1.54) is 12.1 Å². The predicted molar refractivity (Wildman–Crippen MR) is 70.0 cm³/mol. The van der Waals surface area contributed by atoms with Crippen LogP contribution in [0.4, 0.5) is 20.6 Å². The highest BCUT2D eigenvalue weighted by Crippen LogP contribution is 2.22. The first-order valence-corrected chi connectivity index (χ1v) is 6.19. The van der Waals surface area contributed by atoms with Crippen LogP contribution in [-0.4, -0.2) is 12.1 Å². The van der Waals surface area contributed by atoms with Gasteiger partial charge in [-0.2, -0.15) is 0 Å². The molecule has 1 fully saturated rings. The molecule has 0 aromatic heterocycles. The molecule has 0 aliphatic heterocycles. The zero-order valence-electron chi connectivity index (χ0n) is 10.4. The topological polar surface area (TPSA) is 67.2 Å². The summed E-state index contributed by atoms with van der Waals surface area (Å²) in [6.07, 6.45) is 4.26. The highest BCUT2D eigenvalue weighted by molar-refractivity contribution is 5.90. The first-order valence-electron chi connectivity index (χ1n) is 6.19. The summed E-state index contributed by atoms with van der Waals surface area (Å²) in [5.74, 6) is -0.469. The largest absolute Gasteiger partial charge is 0.398 e. The molecular weight excluding hydrogens is 233 g/mol. The maximum Gasteiger partial charge on any atom is 0.319 e. The minimum Gasteiger partial charge on any atom is -0.398 e. The summed E-state index contributed by atoms with van der Waals surface area (Å²) < 4.78 is 13.6. The van der Waals surface area contributed by atoms with Crippen molar-refractivity contribution in [3.63, 3.8) is 0 Å². The molecular formula is C13H18FN3O. The molecule has 2 amide bonds. The van der Waals surface area contributed by atoms with Crippen LogP contribution in [-0.2, 0) is 0 Å². The molecule has 98 valence electrons. The Kier molecular flexibility index (Phi) is 3.69. The smallest absolute Gasteiger partial charge is 0.319 e. The van der Waals surface area contributed by atoms with Crippen molar-refractivity contribution in [2.45, 2.75) is 38.6 Å². The lowest BCUT2D eigenvalue weighted by atomic mass is 10.2. The number of carbonyl (C=O) groups excluding carboxylic acids is 1. The number of carbonyl (C=O) groups is 1. The van der Waals surface area contributed by atoms with E-state index >= 15 is 0 Å². The zero-order chi connectivity index (χ0) is 13.1. The van der Waals surface area contributed by atoms with Crippen LogP contribution >= 0.6 is 0 Å². The van der Waals surface area contributed by atoms with E-state index < -0.39 is 5.82 Å². The lowest BCUT2D eigenvalue weighted by Crippen LogP contribution is -2.36. The van der Waals surface area contributed by atoms with Crippen molar-refractivity contribution < 1.29 is 9.18 Å². The van der Waals surface area contributed by atoms with Gasteiger partial charge in [-0.3, -0.25) is 0 Å². The molecule has 0 spiro atoms. The molecule has 0 bridgehead atoms. The number of hydrogen-bond acceptors (Lipinski definition) is 2. The Labute approximate surface area is 106 Å². The average molecular weight is 251 g/mol. The first-order chi connectivity index (χ1) is 8.56. The lowest BCUT2D eigenvalue weighted by molar-refractivity contribution is 0.248. The van der Waals surface area contributed by atoms with E-state index in [0.717, 1.165) is 25.7 Å². The van der Waals surface area contributed by atoms with Gasteiger partial charge in [-0.1, -0.05) is 12.8 Å². The molecule has 5 heteroatoms. The molecule has 1 aliphatic carbocycles. The van der Waals surface area contributed by atoms with Crippen LogP contribution in [0.5, 0.6) is 0 Å². The SMILES string of the molecule is Cc1cc(F)c(NC(=O)NC2CCCC2)cc1N. The van der Waals surface area contributed by atoms with Gasteiger partial charge in [-0.15, -0.1) is 0 Å². The fourth-order valence-electron chi connectivity index (χ4n) is 2.20. The highest BCUT2D eigenvalue weighted by atomic mass is 19.1. The van der Waals surface area contributed by atoms with Gasteiger partial charge in [0.05, 0.1) is 5.69 Å². The number of nitrogen functional groups attached to an aromatic ring is 1. The Balaban J connectivity index is 2.00. The van der Waals surface area contributed by atoms with Crippen LogP contribution in [0.2, 0.25) is 0 Å². The van der Waals surface area contributed by atoms with Crippen molar-refractivity contribution in [1.82, 2.24) is 5.32 Å². The summed E-state index contributed by atoms with van der Waals surface area (Å²) in [7, 11) is 0. The van der Waals surface area contributed by atoms with E-state index in [4.69, 9.17) is 5.73 Å². The Morgan fingerprint density at radius 3 is 2.72 bits per heavy atom. The molecule has 1 saturated carbocycles. The Morgan fingerprint density at radius 1 is 1.39 bits per heavy atom. The van der Waals surface area contributed by atoms with Gasteiger partial charge in [-0.05, 0) is 37.5 Å². The molecule has 0 atom stereocenters. The van der Waals surface area contributed by atoms with E-state index in [2.05, 4.69) is 10.6 Å². The third kappa shape index (κ3) is 2.91. The van der Waals surface area contributed by atoms with Crippen LogP contribution < -0.4 is 16.4 Å². The molecule has 4 nitrogen and oxygen atoms in total. The van der Waals surface area contributed by atoms with Gasteiger partial charge in [0, 0.05) is 11.7 Å². The molecule has 0 heterocycles. The van der Waals surface area contributed by atoms with Crippen LogP contribution in [0.15, 0.2) is 12.1 Å². The summed E-state index contributed by atoms with van der Waals surface area (Å²) >= 11 is 0. The lowest BCUT2D eigenvalue weighted by Gasteiger charge is -2.14. The van der Waals surface area contributed by atoms with E-state index in [0.29, 0.717) is 11.3 Å². The summed E-state index contributed by atoms with van der Waals surface area (Å²) in [6.45, 7) is 1.72. The average Bonchev–Trinajstić information content (AvgIpc) is 2.78. The number of rotatable bonds is 2. The van der Waals surface area contributed by atoms with Crippen molar-refractivity contribution in [3.8, 4) is 0 Å². The van der Waals surface area contributed by atoms with E-state index in [1.807, 2.05) is 0 Å². The molecule has 4 N–H and O–H groups in total. The van der Waals surface area contributed by atoms with Gasteiger partial charge >= 0.3 is 6.03 Å². The molecule has 1 aliphatic rings. The van der Waals surface area contributed by atoms with Crippen molar-refractivity contribution in [1.29, 1.82) is 0 Å². The highest BCUT2D eigenvalue weighted by Gasteiger charge is 2.17. The van der Waals surface area contributed by atoms with Gasteiger partial charge < -0.3 is 16.4 Å². The number of hydrogen-bond donors (Lipinski definition) is 3. The minimum absolute atomic E-state index is 0.119. The van der Waals surface area contributed by atoms with Gasteiger partial charge in [0.2, 0.25) is 0 Å². The van der Waals surface area contributed by atoms with E-state index in [-0.39, 0.29) is 17.8 Å². The molecule has 18 heavy (non-hydrogen) atoms. The number of urea groups is 1. The van der Waals surface area contributed by atoms with Crippen molar-refractivity contribution >= 4 is 17.4 Å². The Bertz CT molecular complexity index is 456. The number of nitrogens with one attached hydrogen (secondary N) is 2. The summed E-state index contributed by atoms with van der Waals surface area (Å²) in [4.78, 5) is 11.7. The monoisotopic (exact) mass is 251 g/mol. The van der Waals surface area contributed by atoms with Crippen LogP contribution in [0, 0.1) is 12.7 Å². The molecule has 2 rings (SSSR count). The summed E-state index contributed by atoms with van der Waals surface area (Å²) in [6, 6.07) is 2.60. The number of nitrogens with two attached hydrogens (primary N) is 1. The second-order valence-corrected chi connectivity index (χ2v) is 4.77. The zero-order valence-corrected chi connectivity index (χ0v) is 10.4.